The Morgan fingerprint density at radius 2 is 1.88 bits per heavy atom. The van der Waals surface area contributed by atoms with Crippen LogP contribution in [0.5, 0.6) is 0 Å². The molecule has 0 aliphatic carbocycles. The summed E-state index contributed by atoms with van der Waals surface area (Å²) in [5.74, 6) is -3.47. The predicted molar refractivity (Wildman–Crippen MR) is 54.9 cm³/mol. The lowest BCUT2D eigenvalue weighted by molar-refractivity contribution is -0.194. The number of hydrogen-bond donors (Lipinski definition) is 0. The Bertz CT molecular complexity index is 214. The molecule has 0 saturated carbocycles. The first kappa shape index (κ1) is 15.3. The molecule has 0 aromatic carbocycles. The minimum absolute atomic E-state index is 0.144. The van der Waals surface area contributed by atoms with Gasteiger partial charge < -0.3 is 4.74 Å². The standard InChI is InChI=1S/C11H19F3O2/c1-4-6-7-16-10(15)9(5-2)8(3)11(12,13)14/h8-9H,4-7H2,1-3H3. The molecule has 0 bridgehead atoms. The summed E-state index contributed by atoms with van der Waals surface area (Å²) in [6.45, 7) is 4.71. The Morgan fingerprint density at radius 3 is 2.25 bits per heavy atom. The molecule has 0 aliphatic heterocycles. The van der Waals surface area contributed by atoms with E-state index >= 15 is 0 Å². The molecule has 0 N–H and O–H groups in total. The number of esters is 1. The highest BCUT2D eigenvalue weighted by molar-refractivity contribution is 5.72. The lowest BCUT2D eigenvalue weighted by Crippen LogP contribution is -2.33. The summed E-state index contributed by atoms with van der Waals surface area (Å²) < 4.78 is 42.1. The Labute approximate surface area is 94.2 Å². The van der Waals surface area contributed by atoms with Crippen molar-refractivity contribution in [1.82, 2.24) is 0 Å². The van der Waals surface area contributed by atoms with Crippen molar-refractivity contribution < 1.29 is 22.7 Å². The van der Waals surface area contributed by atoms with Crippen LogP contribution in [0.2, 0.25) is 0 Å². The summed E-state index contributed by atoms with van der Waals surface area (Å²) in [6.07, 6.45) is -2.67. The molecule has 96 valence electrons. The quantitative estimate of drug-likeness (QED) is 0.524. The molecule has 0 saturated heterocycles. The maximum atomic E-state index is 12.4. The van der Waals surface area contributed by atoms with Crippen LogP contribution >= 0.6 is 0 Å². The molecule has 16 heavy (non-hydrogen) atoms. The van der Waals surface area contributed by atoms with Crippen LogP contribution in [0.15, 0.2) is 0 Å². The second-order valence-corrected chi connectivity index (χ2v) is 3.87. The Balaban J connectivity index is 4.32. The number of unbranched alkanes of at least 4 members (excludes halogenated alkanes) is 1. The summed E-state index contributed by atoms with van der Waals surface area (Å²) >= 11 is 0. The normalized spacial score (nSPS) is 15.6. The predicted octanol–water partition coefficient (Wildman–Crippen LogP) is 3.55. The van der Waals surface area contributed by atoms with E-state index in [-0.39, 0.29) is 13.0 Å². The van der Waals surface area contributed by atoms with Crippen molar-refractivity contribution in [2.24, 2.45) is 11.8 Å². The topological polar surface area (TPSA) is 26.3 Å². The molecular weight excluding hydrogens is 221 g/mol. The Morgan fingerprint density at radius 1 is 1.31 bits per heavy atom. The van der Waals surface area contributed by atoms with Gasteiger partial charge in [0.15, 0.2) is 0 Å². The highest BCUT2D eigenvalue weighted by Crippen LogP contribution is 2.33. The smallest absolute Gasteiger partial charge is 0.392 e. The maximum absolute atomic E-state index is 12.4. The van der Waals surface area contributed by atoms with E-state index in [0.29, 0.717) is 6.42 Å². The summed E-state index contributed by atoms with van der Waals surface area (Å²) in [6, 6.07) is 0. The summed E-state index contributed by atoms with van der Waals surface area (Å²) in [7, 11) is 0. The molecule has 0 aromatic heterocycles. The van der Waals surface area contributed by atoms with Crippen LogP contribution in [-0.2, 0) is 9.53 Å². The van der Waals surface area contributed by atoms with E-state index in [1.54, 1.807) is 6.92 Å². The van der Waals surface area contributed by atoms with Gasteiger partial charge in [-0.15, -0.1) is 0 Å². The molecule has 2 nitrogen and oxygen atoms in total. The van der Waals surface area contributed by atoms with Crippen LogP contribution in [0.25, 0.3) is 0 Å². The van der Waals surface area contributed by atoms with E-state index in [9.17, 15) is 18.0 Å². The van der Waals surface area contributed by atoms with Crippen LogP contribution in [-0.4, -0.2) is 18.8 Å². The number of alkyl halides is 3. The molecule has 0 rings (SSSR count). The second kappa shape index (κ2) is 6.76. The van der Waals surface area contributed by atoms with Gasteiger partial charge in [0, 0.05) is 0 Å². The van der Waals surface area contributed by atoms with Gasteiger partial charge in [-0.05, 0) is 12.8 Å². The fourth-order valence-corrected chi connectivity index (χ4v) is 1.38. The number of rotatable bonds is 6. The fraction of sp³-hybridized carbons (Fsp3) is 0.909. The molecule has 0 amide bonds. The third kappa shape index (κ3) is 4.86. The highest BCUT2D eigenvalue weighted by atomic mass is 19.4. The average Bonchev–Trinajstić information content (AvgIpc) is 2.17. The summed E-state index contributed by atoms with van der Waals surface area (Å²) in [5.41, 5.74) is 0. The van der Waals surface area contributed by atoms with Crippen molar-refractivity contribution in [3.05, 3.63) is 0 Å². The van der Waals surface area contributed by atoms with E-state index in [4.69, 9.17) is 4.74 Å². The minimum atomic E-state index is -4.34. The van der Waals surface area contributed by atoms with Gasteiger partial charge in [-0.25, -0.2) is 0 Å². The fourth-order valence-electron chi connectivity index (χ4n) is 1.38. The van der Waals surface area contributed by atoms with Crippen LogP contribution in [0.3, 0.4) is 0 Å². The van der Waals surface area contributed by atoms with E-state index in [0.717, 1.165) is 13.3 Å². The zero-order valence-electron chi connectivity index (χ0n) is 9.93. The van der Waals surface area contributed by atoms with Gasteiger partial charge >= 0.3 is 12.1 Å². The third-order valence-corrected chi connectivity index (χ3v) is 2.60. The van der Waals surface area contributed by atoms with Crippen LogP contribution in [0.4, 0.5) is 13.2 Å². The Hall–Kier alpha value is -0.740. The van der Waals surface area contributed by atoms with Crippen molar-refractivity contribution in [3.63, 3.8) is 0 Å². The van der Waals surface area contributed by atoms with Gasteiger partial charge in [-0.1, -0.05) is 27.2 Å². The molecule has 0 aromatic rings. The van der Waals surface area contributed by atoms with E-state index in [2.05, 4.69) is 0 Å². The molecule has 0 radical (unpaired) electrons. The minimum Gasteiger partial charge on any atom is -0.465 e. The molecule has 0 fully saturated rings. The molecule has 2 unspecified atom stereocenters. The lowest BCUT2D eigenvalue weighted by Gasteiger charge is -2.23. The molecule has 0 aliphatic rings. The second-order valence-electron chi connectivity index (χ2n) is 3.87. The summed E-state index contributed by atoms with van der Waals surface area (Å²) in [5, 5.41) is 0. The SMILES string of the molecule is CCCCOC(=O)C(CC)C(C)C(F)(F)F. The van der Waals surface area contributed by atoms with E-state index in [1.807, 2.05) is 6.92 Å². The molecule has 0 heterocycles. The molecular formula is C11H19F3O2. The van der Waals surface area contributed by atoms with Crippen LogP contribution in [0.1, 0.15) is 40.0 Å². The number of carbonyl (C=O) groups is 1. The first-order valence-corrected chi connectivity index (χ1v) is 5.57. The van der Waals surface area contributed by atoms with Gasteiger partial charge in [0.25, 0.3) is 0 Å². The van der Waals surface area contributed by atoms with E-state index < -0.39 is 24.0 Å². The van der Waals surface area contributed by atoms with Gasteiger partial charge in [0.2, 0.25) is 0 Å². The first-order valence-electron chi connectivity index (χ1n) is 5.57. The summed E-state index contributed by atoms with van der Waals surface area (Å²) in [4.78, 5) is 11.4. The van der Waals surface area contributed by atoms with Gasteiger partial charge in [0.1, 0.15) is 0 Å². The third-order valence-electron chi connectivity index (χ3n) is 2.60. The highest BCUT2D eigenvalue weighted by Gasteiger charge is 2.43. The zero-order valence-corrected chi connectivity index (χ0v) is 9.93. The average molecular weight is 240 g/mol. The largest absolute Gasteiger partial charge is 0.465 e. The van der Waals surface area contributed by atoms with Gasteiger partial charge in [-0.2, -0.15) is 13.2 Å². The molecule has 5 heteroatoms. The van der Waals surface area contributed by atoms with Gasteiger partial charge in [0.05, 0.1) is 18.4 Å². The molecule has 0 spiro atoms. The van der Waals surface area contributed by atoms with Crippen molar-refractivity contribution in [2.45, 2.75) is 46.2 Å². The van der Waals surface area contributed by atoms with Crippen LogP contribution in [0, 0.1) is 11.8 Å². The van der Waals surface area contributed by atoms with Crippen LogP contribution < -0.4 is 0 Å². The van der Waals surface area contributed by atoms with Gasteiger partial charge in [-0.3, -0.25) is 4.79 Å². The van der Waals surface area contributed by atoms with Crippen molar-refractivity contribution >= 4 is 5.97 Å². The molecule has 2 atom stereocenters. The maximum Gasteiger partial charge on any atom is 0.392 e. The van der Waals surface area contributed by atoms with Crippen molar-refractivity contribution in [2.75, 3.05) is 6.61 Å². The van der Waals surface area contributed by atoms with E-state index in [1.165, 1.54) is 0 Å². The number of halogens is 3. The number of ether oxygens (including phenoxy) is 1. The monoisotopic (exact) mass is 240 g/mol. The number of hydrogen-bond acceptors (Lipinski definition) is 2. The Kier molecular flexibility index (Phi) is 6.45. The zero-order chi connectivity index (χ0) is 12.8. The van der Waals surface area contributed by atoms with Crippen molar-refractivity contribution in [1.29, 1.82) is 0 Å². The first-order chi connectivity index (χ1) is 7.34. The lowest BCUT2D eigenvalue weighted by atomic mass is 9.91. The number of carbonyl (C=O) groups excluding carboxylic acids is 1. The van der Waals surface area contributed by atoms with Crippen molar-refractivity contribution in [3.8, 4) is 0 Å².